The average molecular weight is 457 g/mol. The molecule has 1 amide bonds. The Hall–Kier alpha value is -3.86. The highest BCUT2D eigenvalue weighted by atomic mass is 32.2. The molecule has 1 saturated heterocycles. The molecule has 1 aliphatic heterocycles. The number of ether oxygens (including phenoxy) is 2. The fraction of sp³-hybridized carbons (Fsp3) is 0.190. The largest absolute Gasteiger partial charge is 0.493 e. The summed E-state index contributed by atoms with van der Waals surface area (Å²) in [6, 6.07) is 13.3. The fourth-order valence-electron chi connectivity index (χ4n) is 2.77. The third-order valence-corrected chi connectivity index (χ3v) is 5.32. The van der Waals surface area contributed by atoms with Gasteiger partial charge in [-0.15, -0.1) is 5.10 Å². The molecule has 0 aromatic heterocycles. The molecule has 32 heavy (non-hydrogen) atoms. The van der Waals surface area contributed by atoms with E-state index in [2.05, 4.69) is 15.5 Å². The minimum absolute atomic E-state index is 0.192. The standard InChI is InChI=1S/C21H19N3O7S/c1-30-14-8-7-12(11-22-24-21-23-19(27)16(32-21)10-17(25)26)9-15(14)31-18(20(28)29)13-5-3-2-4-6-13/h2-9,11,16,18H,10H2,1H3,(H,25,26)(H,28,29)(H,23,24,27). The average Bonchev–Trinajstić information content (AvgIpc) is 3.10. The Morgan fingerprint density at radius 3 is 2.59 bits per heavy atom. The molecular weight excluding hydrogens is 438 g/mol. The van der Waals surface area contributed by atoms with Crippen molar-refractivity contribution < 1.29 is 34.1 Å². The number of carboxylic acids is 2. The second-order valence-corrected chi connectivity index (χ2v) is 7.69. The summed E-state index contributed by atoms with van der Waals surface area (Å²) < 4.78 is 11.0. The van der Waals surface area contributed by atoms with E-state index in [0.29, 0.717) is 16.9 Å². The second-order valence-electron chi connectivity index (χ2n) is 6.50. The van der Waals surface area contributed by atoms with Gasteiger partial charge in [-0.3, -0.25) is 9.59 Å². The quantitative estimate of drug-likeness (QED) is 0.384. The van der Waals surface area contributed by atoms with Gasteiger partial charge in [0.05, 0.1) is 19.7 Å². The zero-order valence-corrected chi connectivity index (χ0v) is 17.6. The lowest BCUT2D eigenvalue weighted by Gasteiger charge is -2.17. The molecule has 2 unspecified atom stereocenters. The van der Waals surface area contributed by atoms with Gasteiger partial charge in [0.2, 0.25) is 12.0 Å². The number of carboxylic acid groups (broad SMARTS) is 2. The molecule has 0 saturated carbocycles. The lowest BCUT2D eigenvalue weighted by molar-refractivity contribution is -0.145. The van der Waals surface area contributed by atoms with Crippen molar-refractivity contribution in [3.8, 4) is 11.5 Å². The summed E-state index contributed by atoms with van der Waals surface area (Å²) in [5.41, 5.74) is 1.01. The number of nitrogens with zero attached hydrogens (tertiary/aromatic N) is 2. The summed E-state index contributed by atoms with van der Waals surface area (Å²) in [5, 5.41) is 28.1. The van der Waals surface area contributed by atoms with Crippen LogP contribution in [0, 0.1) is 0 Å². The van der Waals surface area contributed by atoms with E-state index < -0.39 is 29.2 Å². The first-order valence-electron chi connectivity index (χ1n) is 9.30. The highest BCUT2D eigenvalue weighted by Gasteiger charge is 2.32. The van der Waals surface area contributed by atoms with Crippen LogP contribution < -0.4 is 14.8 Å². The molecule has 2 aromatic carbocycles. The summed E-state index contributed by atoms with van der Waals surface area (Å²) in [6.45, 7) is 0. The summed E-state index contributed by atoms with van der Waals surface area (Å²) in [6.07, 6.45) is -0.173. The Morgan fingerprint density at radius 2 is 1.94 bits per heavy atom. The van der Waals surface area contributed by atoms with Crippen molar-refractivity contribution in [2.75, 3.05) is 7.11 Å². The number of amidine groups is 1. The topological polar surface area (TPSA) is 147 Å². The van der Waals surface area contributed by atoms with Gasteiger partial charge >= 0.3 is 11.9 Å². The number of carbonyl (C=O) groups excluding carboxylic acids is 1. The van der Waals surface area contributed by atoms with Gasteiger partial charge in [-0.1, -0.05) is 42.1 Å². The number of rotatable bonds is 9. The maximum absolute atomic E-state index is 11.7. The zero-order valence-electron chi connectivity index (χ0n) is 16.8. The molecule has 0 radical (unpaired) electrons. The lowest BCUT2D eigenvalue weighted by Crippen LogP contribution is -2.26. The normalized spacial score (nSPS) is 17.8. The van der Waals surface area contributed by atoms with Crippen LogP contribution in [0.3, 0.4) is 0 Å². The molecule has 0 spiro atoms. The number of thioether (sulfide) groups is 1. The van der Waals surface area contributed by atoms with E-state index in [9.17, 15) is 19.5 Å². The summed E-state index contributed by atoms with van der Waals surface area (Å²) in [5.74, 6) is -2.14. The van der Waals surface area contributed by atoms with Crippen LogP contribution in [0.1, 0.15) is 23.7 Å². The van der Waals surface area contributed by atoms with E-state index in [-0.39, 0.29) is 17.3 Å². The van der Waals surface area contributed by atoms with Crippen molar-refractivity contribution in [3.63, 3.8) is 0 Å². The molecule has 166 valence electrons. The third-order valence-electron chi connectivity index (χ3n) is 4.25. The van der Waals surface area contributed by atoms with Crippen LogP contribution in [-0.2, 0) is 14.4 Å². The van der Waals surface area contributed by atoms with Crippen LogP contribution in [0.5, 0.6) is 11.5 Å². The van der Waals surface area contributed by atoms with Crippen molar-refractivity contribution in [3.05, 3.63) is 59.7 Å². The van der Waals surface area contributed by atoms with Crippen LogP contribution in [0.4, 0.5) is 0 Å². The van der Waals surface area contributed by atoms with E-state index >= 15 is 0 Å². The number of benzene rings is 2. The van der Waals surface area contributed by atoms with Gasteiger partial charge in [0.1, 0.15) is 5.25 Å². The predicted molar refractivity (Wildman–Crippen MR) is 117 cm³/mol. The molecule has 1 aliphatic rings. The molecular formula is C21H19N3O7S. The van der Waals surface area contributed by atoms with Crippen molar-refractivity contribution in [2.45, 2.75) is 17.8 Å². The summed E-state index contributed by atoms with van der Waals surface area (Å²) in [7, 11) is 1.44. The van der Waals surface area contributed by atoms with Gasteiger partial charge in [0, 0.05) is 5.56 Å². The molecule has 3 rings (SSSR count). The molecule has 2 aromatic rings. The molecule has 1 fully saturated rings. The smallest absolute Gasteiger partial charge is 0.349 e. The Balaban J connectivity index is 1.77. The van der Waals surface area contributed by atoms with E-state index in [1.165, 1.54) is 13.3 Å². The first kappa shape index (κ1) is 22.8. The number of hydrogen-bond acceptors (Lipinski definition) is 8. The molecule has 0 bridgehead atoms. The summed E-state index contributed by atoms with van der Waals surface area (Å²) in [4.78, 5) is 34.3. The number of carbonyl (C=O) groups is 3. The Labute approximate surface area is 187 Å². The third kappa shape index (κ3) is 5.85. The Bertz CT molecular complexity index is 1070. The SMILES string of the molecule is COc1ccc(C=NN=C2NC(=O)C(CC(=O)O)S2)cc1OC(C(=O)O)c1ccccc1. The van der Waals surface area contributed by atoms with E-state index in [1.807, 2.05) is 0 Å². The van der Waals surface area contributed by atoms with Gasteiger partial charge < -0.3 is 25.0 Å². The lowest BCUT2D eigenvalue weighted by atomic mass is 10.1. The van der Waals surface area contributed by atoms with Gasteiger partial charge in [-0.05, 0) is 23.8 Å². The van der Waals surface area contributed by atoms with Crippen molar-refractivity contribution in [1.29, 1.82) is 0 Å². The minimum Gasteiger partial charge on any atom is -0.493 e. The van der Waals surface area contributed by atoms with E-state index in [0.717, 1.165) is 11.8 Å². The maximum Gasteiger partial charge on any atom is 0.349 e. The van der Waals surface area contributed by atoms with Crippen LogP contribution in [0.2, 0.25) is 0 Å². The molecule has 0 aliphatic carbocycles. The van der Waals surface area contributed by atoms with Crippen molar-refractivity contribution in [2.24, 2.45) is 10.2 Å². The van der Waals surface area contributed by atoms with Gasteiger partial charge in [0.25, 0.3) is 0 Å². The van der Waals surface area contributed by atoms with Crippen LogP contribution in [0.25, 0.3) is 0 Å². The Kier molecular flexibility index (Phi) is 7.45. The fourth-order valence-corrected chi connectivity index (χ4v) is 3.69. The van der Waals surface area contributed by atoms with Gasteiger partial charge in [-0.2, -0.15) is 5.10 Å². The van der Waals surface area contributed by atoms with Crippen LogP contribution in [0.15, 0.2) is 58.7 Å². The first-order valence-corrected chi connectivity index (χ1v) is 10.2. The zero-order chi connectivity index (χ0) is 23.1. The van der Waals surface area contributed by atoms with E-state index in [4.69, 9.17) is 14.6 Å². The number of hydrogen-bond donors (Lipinski definition) is 3. The number of aliphatic carboxylic acids is 2. The van der Waals surface area contributed by atoms with Crippen molar-refractivity contribution >= 4 is 41.0 Å². The highest BCUT2D eigenvalue weighted by molar-refractivity contribution is 8.15. The maximum atomic E-state index is 11.7. The molecule has 2 atom stereocenters. The Morgan fingerprint density at radius 1 is 1.19 bits per heavy atom. The van der Waals surface area contributed by atoms with Crippen LogP contribution in [-0.4, -0.2) is 51.8 Å². The molecule has 3 N–H and O–H groups in total. The number of nitrogens with one attached hydrogen (secondary N) is 1. The molecule has 11 heteroatoms. The summed E-state index contributed by atoms with van der Waals surface area (Å²) >= 11 is 0.986. The molecule has 1 heterocycles. The number of amides is 1. The van der Waals surface area contributed by atoms with Gasteiger partial charge in [0.15, 0.2) is 16.7 Å². The monoisotopic (exact) mass is 457 g/mol. The van der Waals surface area contributed by atoms with E-state index in [1.54, 1.807) is 48.5 Å². The predicted octanol–water partition coefficient (Wildman–Crippen LogP) is 2.30. The highest BCUT2D eigenvalue weighted by Crippen LogP contribution is 2.32. The minimum atomic E-state index is -1.24. The molecule has 10 nitrogen and oxygen atoms in total. The number of methoxy groups -OCH3 is 1. The second kappa shape index (κ2) is 10.4. The first-order chi connectivity index (χ1) is 15.4. The van der Waals surface area contributed by atoms with Gasteiger partial charge in [-0.25, -0.2) is 4.79 Å². The van der Waals surface area contributed by atoms with Crippen molar-refractivity contribution in [1.82, 2.24) is 5.32 Å². The van der Waals surface area contributed by atoms with Crippen LogP contribution >= 0.6 is 11.8 Å².